The molecule has 0 bridgehead atoms. The average Bonchev–Trinajstić information content (AvgIpc) is 2.92. The molecule has 0 unspecified atom stereocenters. The summed E-state index contributed by atoms with van der Waals surface area (Å²) >= 11 is 3.37. The van der Waals surface area contributed by atoms with Gasteiger partial charge in [0, 0.05) is 15.7 Å². The molecular formula is C14H9BrFN3O. The second-order valence-electron chi connectivity index (χ2n) is 4.16. The fraction of sp³-hybridized carbons (Fsp3) is 0. The second-order valence-corrected chi connectivity index (χ2v) is 5.08. The third-order valence-electron chi connectivity index (χ3n) is 2.77. The van der Waals surface area contributed by atoms with Crippen LogP contribution in [0.1, 0.15) is 0 Å². The van der Waals surface area contributed by atoms with Gasteiger partial charge in [0.05, 0.1) is 5.56 Å². The summed E-state index contributed by atoms with van der Waals surface area (Å²) in [7, 11) is 0. The van der Waals surface area contributed by atoms with Crippen molar-refractivity contribution in [2.45, 2.75) is 0 Å². The number of nitrogen functional groups attached to an aromatic ring is 1. The third-order valence-corrected chi connectivity index (χ3v) is 3.27. The monoisotopic (exact) mass is 333 g/mol. The summed E-state index contributed by atoms with van der Waals surface area (Å²) < 4.78 is 19.0. The molecule has 0 amide bonds. The van der Waals surface area contributed by atoms with Gasteiger partial charge in [0.25, 0.3) is 5.89 Å². The molecule has 0 aliphatic carbocycles. The number of aromatic nitrogens is 2. The maximum atomic E-state index is 12.9. The van der Waals surface area contributed by atoms with Gasteiger partial charge in [-0.3, -0.25) is 0 Å². The largest absolute Gasteiger partial charge is 0.398 e. The number of nitrogens with zero attached hydrogens (tertiary/aromatic N) is 2. The highest BCUT2D eigenvalue weighted by Gasteiger charge is 2.13. The van der Waals surface area contributed by atoms with Gasteiger partial charge in [-0.25, -0.2) is 4.39 Å². The van der Waals surface area contributed by atoms with Gasteiger partial charge in [-0.05, 0) is 42.5 Å². The van der Waals surface area contributed by atoms with Crippen molar-refractivity contribution < 1.29 is 8.91 Å². The fourth-order valence-corrected chi connectivity index (χ4v) is 2.12. The van der Waals surface area contributed by atoms with Crippen molar-refractivity contribution in [1.29, 1.82) is 0 Å². The van der Waals surface area contributed by atoms with Gasteiger partial charge in [0.2, 0.25) is 5.82 Å². The molecule has 0 radical (unpaired) electrons. The van der Waals surface area contributed by atoms with Crippen LogP contribution in [0, 0.1) is 5.82 Å². The molecule has 6 heteroatoms. The lowest BCUT2D eigenvalue weighted by Crippen LogP contribution is -1.90. The first-order valence-electron chi connectivity index (χ1n) is 5.78. The molecule has 4 nitrogen and oxygen atoms in total. The molecule has 0 fully saturated rings. The first kappa shape index (κ1) is 12.8. The molecule has 20 heavy (non-hydrogen) atoms. The zero-order valence-corrected chi connectivity index (χ0v) is 11.8. The highest BCUT2D eigenvalue weighted by molar-refractivity contribution is 9.10. The van der Waals surface area contributed by atoms with Crippen LogP contribution in [0.15, 0.2) is 51.5 Å². The smallest absolute Gasteiger partial charge is 0.260 e. The van der Waals surface area contributed by atoms with E-state index in [0.29, 0.717) is 28.5 Å². The molecule has 0 aliphatic rings. The zero-order valence-electron chi connectivity index (χ0n) is 10.2. The number of anilines is 1. The van der Waals surface area contributed by atoms with Crippen LogP contribution >= 0.6 is 15.9 Å². The third kappa shape index (κ3) is 2.42. The fourth-order valence-electron chi connectivity index (χ4n) is 1.76. The summed E-state index contributed by atoms with van der Waals surface area (Å²) in [4.78, 5) is 4.28. The van der Waals surface area contributed by atoms with Gasteiger partial charge in [0.15, 0.2) is 0 Å². The molecule has 0 saturated heterocycles. The molecule has 2 aromatic carbocycles. The number of hydrogen-bond donors (Lipinski definition) is 1. The summed E-state index contributed by atoms with van der Waals surface area (Å²) in [5.74, 6) is 0.399. The van der Waals surface area contributed by atoms with E-state index >= 15 is 0 Å². The van der Waals surface area contributed by atoms with Crippen LogP contribution in [0.4, 0.5) is 10.1 Å². The van der Waals surface area contributed by atoms with E-state index in [1.165, 1.54) is 12.1 Å². The Hall–Kier alpha value is -2.21. The van der Waals surface area contributed by atoms with Crippen molar-refractivity contribution in [1.82, 2.24) is 10.1 Å². The molecule has 3 aromatic rings. The van der Waals surface area contributed by atoms with Crippen molar-refractivity contribution in [2.75, 3.05) is 5.73 Å². The van der Waals surface area contributed by atoms with Crippen molar-refractivity contribution in [3.05, 3.63) is 52.8 Å². The highest BCUT2D eigenvalue weighted by Crippen LogP contribution is 2.29. The van der Waals surface area contributed by atoms with Crippen LogP contribution in [0.5, 0.6) is 0 Å². The number of rotatable bonds is 2. The van der Waals surface area contributed by atoms with Gasteiger partial charge in [-0.15, -0.1) is 0 Å². The molecule has 0 spiro atoms. The topological polar surface area (TPSA) is 64.9 Å². The van der Waals surface area contributed by atoms with E-state index in [1.54, 1.807) is 24.3 Å². The van der Waals surface area contributed by atoms with E-state index < -0.39 is 0 Å². The lowest BCUT2D eigenvalue weighted by molar-refractivity contribution is 0.432. The standard InChI is InChI=1S/C14H9BrFN3O/c15-9-3-6-12(17)11(7-9)14-18-13(19-20-14)8-1-4-10(16)5-2-8/h1-7H,17H2. The van der Waals surface area contributed by atoms with Crippen LogP contribution < -0.4 is 5.73 Å². The van der Waals surface area contributed by atoms with Crippen LogP contribution in [0.2, 0.25) is 0 Å². The van der Waals surface area contributed by atoms with Crippen LogP contribution in [-0.2, 0) is 0 Å². The van der Waals surface area contributed by atoms with E-state index in [4.69, 9.17) is 10.3 Å². The van der Waals surface area contributed by atoms with Gasteiger partial charge in [0.1, 0.15) is 5.82 Å². The van der Waals surface area contributed by atoms with Crippen LogP contribution in [0.25, 0.3) is 22.8 Å². The molecule has 0 aliphatic heterocycles. The molecule has 1 heterocycles. The molecular weight excluding hydrogens is 325 g/mol. The van der Waals surface area contributed by atoms with Crippen LogP contribution in [-0.4, -0.2) is 10.1 Å². The molecule has 0 atom stereocenters. The van der Waals surface area contributed by atoms with Crippen molar-refractivity contribution in [3.8, 4) is 22.8 Å². The van der Waals surface area contributed by atoms with E-state index in [2.05, 4.69) is 26.1 Å². The minimum atomic E-state index is -0.311. The molecule has 100 valence electrons. The summed E-state index contributed by atoms with van der Waals surface area (Å²) in [6.07, 6.45) is 0. The number of hydrogen-bond acceptors (Lipinski definition) is 4. The quantitative estimate of drug-likeness (QED) is 0.722. The maximum absolute atomic E-state index is 12.9. The molecule has 1 aromatic heterocycles. The number of halogens is 2. The average molecular weight is 334 g/mol. The van der Waals surface area contributed by atoms with Crippen molar-refractivity contribution >= 4 is 21.6 Å². The highest BCUT2D eigenvalue weighted by atomic mass is 79.9. The number of nitrogens with two attached hydrogens (primary N) is 1. The summed E-state index contributed by atoms with van der Waals surface area (Å²) in [6.45, 7) is 0. The summed E-state index contributed by atoms with van der Waals surface area (Å²) in [5, 5.41) is 3.88. The van der Waals surface area contributed by atoms with Gasteiger partial charge < -0.3 is 10.3 Å². The molecule has 2 N–H and O–H groups in total. The molecule has 0 saturated carbocycles. The van der Waals surface area contributed by atoms with Crippen LogP contribution in [0.3, 0.4) is 0 Å². The Kier molecular flexibility index (Phi) is 3.23. The lowest BCUT2D eigenvalue weighted by atomic mass is 10.2. The predicted octanol–water partition coefficient (Wildman–Crippen LogP) is 3.89. The predicted molar refractivity (Wildman–Crippen MR) is 77.2 cm³/mol. The lowest BCUT2D eigenvalue weighted by Gasteiger charge is -2.00. The summed E-state index contributed by atoms with van der Waals surface area (Å²) in [6, 6.07) is 11.3. The number of benzene rings is 2. The van der Waals surface area contributed by atoms with Crippen molar-refractivity contribution in [2.24, 2.45) is 0 Å². The Morgan fingerprint density at radius 2 is 1.85 bits per heavy atom. The Bertz CT molecular complexity index is 755. The minimum absolute atomic E-state index is 0.311. The minimum Gasteiger partial charge on any atom is -0.398 e. The second kappa shape index (κ2) is 5.05. The first-order chi connectivity index (χ1) is 9.63. The zero-order chi connectivity index (χ0) is 14.1. The Labute approximate surface area is 122 Å². The Morgan fingerprint density at radius 3 is 2.60 bits per heavy atom. The van der Waals surface area contributed by atoms with E-state index in [9.17, 15) is 4.39 Å². The molecule has 3 rings (SSSR count). The van der Waals surface area contributed by atoms with E-state index in [1.807, 2.05) is 6.07 Å². The SMILES string of the molecule is Nc1ccc(Br)cc1-c1nc(-c2ccc(F)cc2)no1. The van der Waals surface area contributed by atoms with E-state index in [-0.39, 0.29) is 5.82 Å². The Morgan fingerprint density at radius 1 is 1.10 bits per heavy atom. The van der Waals surface area contributed by atoms with Gasteiger partial charge >= 0.3 is 0 Å². The van der Waals surface area contributed by atoms with Gasteiger partial charge in [-0.1, -0.05) is 21.1 Å². The maximum Gasteiger partial charge on any atom is 0.260 e. The Balaban J connectivity index is 2.01. The van der Waals surface area contributed by atoms with Crippen molar-refractivity contribution in [3.63, 3.8) is 0 Å². The first-order valence-corrected chi connectivity index (χ1v) is 6.58. The normalized spacial score (nSPS) is 10.7. The van der Waals surface area contributed by atoms with E-state index in [0.717, 1.165) is 4.47 Å². The summed E-state index contributed by atoms with van der Waals surface area (Å²) in [5.41, 5.74) is 7.76. The van der Waals surface area contributed by atoms with Gasteiger partial charge in [-0.2, -0.15) is 4.98 Å².